The van der Waals surface area contributed by atoms with Crippen molar-refractivity contribution in [3.05, 3.63) is 36.4 Å². The van der Waals surface area contributed by atoms with Gasteiger partial charge in [0.2, 0.25) is 21.8 Å². The van der Waals surface area contributed by atoms with Crippen molar-refractivity contribution in [1.29, 1.82) is 0 Å². The zero-order chi connectivity index (χ0) is 17.8. The van der Waals surface area contributed by atoms with Gasteiger partial charge in [-0.1, -0.05) is 6.58 Å². The van der Waals surface area contributed by atoms with Crippen LogP contribution in [-0.4, -0.2) is 57.1 Å². The standard InChI is InChI=1S/C15H21N3O4S/c1-6-15(20)18(5)10-14(19)16-12-7-8-13(11(2)9-12)23(21,22)17(3)4/h6-9H,1,10H2,2-5H3,(H,16,19). The predicted molar refractivity (Wildman–Crippen MR) is 88.5 cm³/mol. The molecule has 0 radical (unpaired) electrons. The maximum absolute atomic E-state index is 12.1. The van der Waals surface area contributed by atoms with E-state index >= 15 is 0 Å². The van der Waals surface area contributed by atoms with Gasteiger partial charge in [0.15, 0.2) is 0 Å². The number of sulfonamides is 1. The number of aryl methyl sites for hydroxylation is 1. The molecule has 0 aromatic heterocycles. The molecule has 2 amide bonds. The first-order valence-corrected chi connectivity index (χ1v) is 8.24. The Morgan fingerprint density at radius 1 is 1.26 bits per heavy atom. The molecule has 0 aliphatic rings. The van der Waals surface area contributed by atoms with Gasteiger partial charge < -0.3 is 10.2 Å². The fourth-order valence-corrected chi connectivity index (χ4v) is 2.96. The highest BCUT2D eigenvalue weighted by molar-refractivity contribution is 7.89. The van der Waals surface area contributed by atoms with E-state index in [1.54, 1.807) is 13.0 Å². The molecular weight excluding hydrogens is 318 g/mol. The third kappa shape index (κ3) is 4.64. The van der Waals surface area contributed by atoms with Gasteiger partial charge in [0.1, 0.15) is 0 Å². The normalized spacial score (nSPS) is 11.2. The molecule has 126 valence electrons. The SMILES string of the molecule is C=CC(=O)N(C)CC(=O)Nc1ccc(S(=O)(=O)N(C)C)c(C)c1. The monoisotopic (exact) mass is 339 g/mol. The first-order chi connectivity index (χ1) is 10.6. The molecule has 0 bridgehead atoms. The minimum absolute atomic E-state index is 0.123. The Bertz CT molecular complexity index is 726. The number of amides is 2. The molecule has 1 aromatic rings. The Morgan fingerprint density at radius 2 is 1.87 bits per heavy atom. The average molecular weight is 339 g/mol. The van der Waals surface area contributed by atoms with E-state index in [4.69, 9.17) is 0 Å². The molecule has 8 heteroatoms. The Kier molecular flexibility index (Phi) is 6.05. The highest BCUT2D eigenvalue weighted by Crippen LogP contribution is 2.21. The maximum Gasteiger partial charge on any atom is 0.246 e. The van der Waals surface area contributed by atoms with Crippen LogP contribution >= 0.6 is 0 Å². The molecule has 0 spiro atoms. The minimum Gasteiger partial charge on any atom is -0.333 e. The zero-order valence-electron chi connectivity index (χ0n) is 13.7. The summed E-state index contributed by atoms with van der Waals surface area (Å²) in [6.45, 7) is 4.88. The Labute approximate surface area is 136 Å². The van der Waals surface area contributed by atoms with Gasteiger partial charge in [0.05, 0.1) is 11.4 Å². The molecule has 0 saturated carbocycles. The second-order valence-corrected chi connectivity index (χ2v) is 7.33. The van der Waals surface area contributed by atoms with Crippen molar-refractivity contribution in [1.82, 2.24) is 9.21 Å². The van der Waals surface area contributed by atoms with Crippen LogP contribution in [-0.2, 0) is 19.6 Å². The highest BCUT2D eigenvalue weighted by atomic mass is 32.2. The largest absolute Gasteiger partial charge is 0.333 e. The number of hydrogen-bond acceptors (Lipinski definition) is 4. The molecule has 0 heterocycles. The summed E-state index contributed by atoms with van der Waals surface area (Å²) in [7, 11) is 0.868. The molecule has 1 rings (SSSR count). The molecule has 0 aliphatic carbocycles. The molecule has 1 aromatic carbocycles. The van der Waals surface area contributed by atoms with E-state index in [9.17, 15) is 18.0 Å². The Balaban J connectivity index is 2.89. The fourth-order valence-electron chi connectivity index (χ4n) is 1.86. The maximum atomic E-state index is 12.1. The van der Waals surface area contributed by atoms with Crippen LogP contribution in [0.25, 0.3) is 0 Å². The van der Waals surface area contributed by atoms with Crippen molar-refractivity contribution < 1.29 is 18.0 Å². The highest BCUT2D eigenvalue weighted by Gasteiger charge is 2.20. The van der Waals surface area contributed by atoms with Crippen molar-refractivity contribution in [2.45, 2.75) is 11.8 Å². The van der Waals surface area contributed by atoms with Crippen molar-refractivity contribution in [3.63, 3.8) is 0 Å². The number of benzene rings is 1. The lowest BCUT2D eigenvalue weighted by atomic mass is 10.2. The summed E-state index contributed by atoms with van der Waals surface area (Å²) in [4.78, 5) is 24.6. The predicted octanol–water partition coefficient (Wildman–Crippen LogP) is 0.828. The van der Waals surface area contributed by atoms with Crippen LogP contribution < -0.4 is 5.32 Å². The van der Waals surface area contributed by atoms with Gasteiger partial charge in [0, 0.05) is 26.8 Å². The molecule has 7 nitrogen and oxygen atoms in total. The number of nitrogens with one attached hydrogen (secondary N) is 1. The van der Waals surface area contributed by atoms with Crippen LogP contribution in [0.4, 0.5) is 5.69 Å². The second kappa shape index (κ2) is 7.38. The van der Waals surface area contributed by atoms with Gasteiger partial charge >= 0.3 is 0 Å². The number of likely N-dealkylation sites (N-methyl/N-ethyl adjacent to an activating group) is 1. The third-order valence-electron chi connectivity index (χ3n) is 3.15. The van der Waals surface area contributed by atoms with E-state index in [1.807, 2.05) is 0 Å². The fraction of sp³-hybridized carbons (Fsp3) is 0.333. The van der Waals surface area contributed by atoms with E-state index in [0.717, 1.165) is 10.4 Å². The summed E-state index contributed by atoms with van der Waals surface area (Å²) in [6, 6.07) is 4.53. The molecule has 1 N–H and O–H groups in total. The molecule has 0 aliphatic heterocycles. The van der Waals surface area contributed by atoms with Crippen LogP contribution in [0.1, 0.15) is 5.56 Å². The van der Waals surface area contributed by atoms with E-state index in [-0.39, 0.29) is 23.3 Å². The molecule has 0 fully saturated rings. The zero-order valence-corrected chi connectivity index (χ0v) is 14.5. The topological polar surface area (TPSA) is 86.8 Å². The lowest BCUT2D eigenvalue weighted by Crippen LogP contribution is -2.33. The van der Waals surface area contributed by atoms with Gasteiger partial charge in [0.25, 0.3) is 0 Å². The summed E-state index contributed by atoms with van der Waals surface area (Å²) in [5.74, 6) is -0.742. The lowest BCUT2D eigenvalue weighted by molar-refractivity contribution is -0.129. The Morgan fingerprint density at radius 3 is 2.35 bits per heavy atom. The van der Waals surface area contributed by atoms with Crippen molar-refractivity contribution in [3.8, 4) is 0 Å². The van der Waals surface area contributed by atoms with E-state index in [1.165, 1.54) is 38.2 Å². The van der Waals surface area contributed by atoms with E-state index in [0.29, 0.717) is 11.3 Å². The van der Waals surface area contributed by atoms with E-state index in [2.05, 4.69) is 11.9 Å². The number of rotatable bonds is 6. The second-order valence-electron chi connectivity index (χ2n) is 5.21. The van der Waals surface area contributed by atoms with Crippen molar-refractivity contribution in [2.24, 2.45) is 0 Å². The van der Waals surface area contributed by atoms with Crippen LogP contribution in [0.2, 0.25) is 0 Å². The molecule has 0 unspecified atom stereocenters. The number of hydrogen-bond donors (Lipinski definition) is 1. The van der Waals surface area contributed by atoms with Gasteiger partial charge in [-0.25, -0.2) is 12.7 Å². The van der Waals surface area contributed by atoms with Gasteiger partial charge in [-0.2, -0.15) is 0 Å². The van der Waals surface area contributed by atoms with Crippen LogP contribution in [0.5, 0.6) is 0 Å². The van der Waals surface area contributed by atoms with Crippen LogP contribution in [0, 0.1) is 6.92 Å². The number of anilines is 1. The minimum atomic E-state index is -3.53. The van der Waals surface area contributed by atoms with Crippen LogP contribution in [0.15, 0.2) is 35.7 Å². The lowest BCUT2D eigenvalue weighted by Gasteiger charge is -2.16. The first-order valence-electron chi connectivity index (χ1n) is 6.80. The van der Waals surface area contributed by atoms with Crippen molar-refractivity contribution in [2.75, 3.05) is 33.0 Å². The number of carbonyl (C=O) groups is 2. The van der Waals surface area contributed by atoms with E-state index < -0.39 is 10.0 Å². The number of nitrogens with zero attached hydrogens (tertiary/aromatic N) is 2. The summed E-state index contributed by atoms with van der Waals surface area (Å²) in [5, 5.41) is 2.62. The quantitative estimate of drug-likeness (QED) is 0.778. The molecule has 0 saturated heterocycles. The summed E-state index contributed by atoms with van der Waals surface area (Å²) < 4.78 is 25.4. The summed E-state index contributed by atoms with van der Waals surface area (Å²) >= 11 is 0. The third-order valence-corrected chi connectivity index (χ3v) is 5.12. The first kappa shape index (κ1) is 18.9. The number of carbonyl (C=O) groups excluding carboxylic acids is 2. The smallest absolute Gasteiger partial charge is 0.246 e. The van der Waals surface area contributed by atoms with Crippen molar-refractivity contribution >= 4 is 27.5 Å². The summed E-state index contributed by atoms with van der Waals surface area (Å²) in [5.41, 5.74) is 0.983. The van der Waals surface area contributed by atoms with Crippen LogP contribution in [0.3, 0.4) is 0 Å². The van der Waals surface area contributed by atoms with Gasteiger partial charge in [-0.15, -0.1) is 0 Å². The summed E-state index contributed by atoms with van der Waals surface area (Å²) in [6.07, 6.45) is 1.12. The average Bonchev–Trinajstić information content (AvgIpc) is 2.45. The van der Waals surface area contributed by atoms with Gasteiger partial charge in [-0.3, -0.25) is 9.59 Å². The molecule has 0 atom stereocenters. The molecule has 23 heavy (non-hydrogen) atoms. The van der Waals surface area contributed by atoms with Gasteiger partial charge in [-0.05, 0) is 36.8 Å². The molecular formula is C15H21N3O4S. The Hall–Kier alpha value is -2.19.